The Kier molecular flexibility index (Phi) is 4.20. The van der Waals surface area contributed by atoms with Gasteiger partial charge in [-0.1, -0.05) is 12.1 Å². The molecule has 0 aliphatic carbocycles. The van der Waals surface area contributed by atoms with Crippen LogP contribution in [0.25, 0.3) is 0 Å². The molecule has 0 saturated carbocycles. The van der Waals surface area contributed by atoms with E-state index in [4.69, 9.17) is 5.73 Å². The Morgan fingerprint density at radius 3 is 2.78 bits per heavy atom. The Hall–Kier alpha value is -1.55. The molecular formula is C14H20N2O2. The number of carbonyl (C=O) groups excluding carboxylic acids is 1. The largest absolute Gasteiger partial charge is 0.399 e. The summed E-state index contributed by atoms with van der Waals surface area (Å²) in [4.78, 5) is 13.9. The topological polar surface area (TPSA) is 66.6 Å². The number of hydrogen-bond acceptors (Lipinski definition) is 3. The number of benzene rings is 1. The summed E-state index contributed by atoms with van der Waals surface area (Å²) < 4.78 is 0. The van der Waals surface area contributed by atoms with Crippen LogP contribution in [-0.4, -0.2) is 35.1 Å². The number of likely N-dealkylation sites (tertiary alicyclic amines) is 1. The number of aliphatic hydroxyl groups is 1. The minimum Gasteiger partial charge on any atom is -0.399 e. The first-order valence-corrected chi connectivity index (χ1v) is 6.45. The molecule has 2 rings (SSSR count). The van der Waals surface area contributed by atoms with Crippen molar-refractivity contribution in [3.05, 3.63) is 29.8 Å². The maximum atomic E-state index is 12.0. The summed E-state index contributed by atoms with van der Waals surface area (Å²) in [6.07, 6.45) is 3.15. The van der Waals surface area contributed by atoms with E-state index in [1.807, 2.05) is 29.2 Å². The third kappa shape index (κ3) is 3.01. The summed E-state index contributed by atoms with van der Waals surface area (Å²) in [5, 5.41) is 9.19. The van der Waals surface area contributed by atoms with Crippen LogP contribution < -0.4 is 5.73 Å². The van der Waals surface area contributed by atoms with Gasteiger partial charge in [-0.2, -0.15) is 0 Å². The van der Waals surface area contributed by atoms with Crippen molar-refractivity contribution >= 4 is 11.6 Å². The Bertz CT molecular complexity index is 403. The number of hydrogen-bond donors (Lipinski definition) is 2. The Balaban J connectivity index is 1.86. The molecule has 1 aliphatic heterocycles. The summed E-state index contributed by atoms with van der Waals surface area (Å²) in [7, 11) is 0. The van der Waals surface area contributed by atoms with E-state index in [1.165, 1.54) is 0 Å². The van der Waals surface area contributed by atoms with E-state index in [2.05, 4.69) is 0 Å². The minimum absolute atomic E-state index is 0.0314. The predicted molar refractivity (Wildman–Crippen MR) is 71.0 cm³/mol. The van der Waals surface area contributed by atoms with Gasteiger partial charge >= 0.3 is 0 Å². The highest BCUT2D eigenvalue weighted by Crippen LogP contribution is 2.18. The number of nitrogens with two attached hydrogens (primary N) is 1. The first kappa shape index (κ1) is 12.9. The smallest absolute Gasteiger partial charge is 0.223 e. The van der Waals surface area contributed by atoms with Gasteiger partial charge in [-0.05, 0) is 37.0 Å². The molecule has 1 saturated heterocycles. The quantitative estimate of drug-likeness (QED) is 0.786. The monoisotopic (exact) mass is 248 g/mol. The molecule has 1 unspecified atom stereocenters. The normalized spacial score (nSPS) is 19.2. The third-order valence-corrected chi connectivity index (χ3v) is 3.52. The molecule has 4 nitrogen and oxygen atoms in total. The van der Waals surface area contributed by atoms with Crippen molar-refractivity contribution in [2.75, 3.05) is 18.9 Å². The van der Waals surface area contributed by atoms with Gasteiger partial charge in [-0.25, -0.2) is 0 Å². The predicted octanol–water partition coefficient (Wildman–Crippen LogP) is 1.18. The lowest BCUT2D eigenvalue weighted by Gasteiger charge is -2.23. The van der Waals surface area contributed by atoms with Crippen LogP contribution in [0.1, 0.15) is 24.8 Å². The van der Waals surface area contributed by atoms with Crippen molar-refractivity contribution in [2.45, 2.75) is 31.7 Å². The van der Waals surface area contributed by atoms with Crippen LogP contribution in [0.15, 0.2) is 24.3 Å². The molecule has 3 N–H and O–H groups in total. The number of amides is 1. The first-order valence-electron chi connectivity index (χ1n) is 6.45. The molecule has 1 aromatic rings. The zero-order valence-electron chi connectivity index (χ0n) is 10.5. The zero-order chi connectivity index (χ0) is 13.0. The Morgan fingerprint density at radius 2 is 2.11 bits per heavy atom. The van der Waals surface area contributed by atoms with E-state index >= 15 is 0 Å². The lowest BCUT2D eigenvalue weighted by molar-refractivity contribution is -0.132. The van der Waals surface area contributed by atoms with Gasteiger partial charge in [0.1, 0.15) is 0 Å². The average molecular weight is 248 g/mol. The van der Waals surface area contributed by atoms with Crippen molar-refractivity contribution in [3.8, 4) is 0 Å². The second kappa shape index (κ2) is 5.87. The number of aliphatic hydroxyl groups excluding tert-OH is 1. The van der Waals surface area contributed by atoms with Gasteiger partial charge in [0.25, 0.3) is 0 Å². The highest BCUT2D eigenvalue weighted by atomic mass is 16.3. The Labute approximate surface area is 107 Å². The number of nitrogens with zero attached hydrogens (tertiary/aromatic N) is 1. The van der Waals surface area contributed by atoms with Gasteiger partial charge in [0.15, 0.2) is 0 Å². The minimum atomic E-state index is 0.0314. The molecule has 1 amide bonds. The molecule has 1 aromatic carbocycles. The van der Waals surface area contributed by atoms with Gasteiger partial charge in [-0.3, -0.25) is 4.79 Å². The van der Waals surface area contributed by atoms with Crippen LogP contribution in [0.3, 0.4) is 0 Å². The molecule has 0 radical (unpaired) electrons. The summed E-state index contributed by atoms with van der Waals surface area (Å²) in [5.41, 5.74) is 7.48. The summed E-state index contributed by atoms with van der Waals surface area (Å²) in [5.74, 6) is 0.142. The number of aryl methyl sites for hydroxylation is 1. The maximum Gasteiger partial charge on any atom is 0.223 e. The zero-order valence-corrected chi connectivity index (χ0v) is 10.5. The fourth-order valence-electron chi connectivity index (χ4n) is 2.43. The fraction of sp³-hybridized carbons (Fsp3) is 0.500. The first-order chi connectivity index (χ1) is 8.70. The highest BCUT2D eigenvalue weighted by Gasteiger charge is 2.27. The Morgan fingerprint density at radius 1 is 1.39 bits per heavy atom. The van der Waals surface area contributed by atoms with Crippen molar-refractivity contribution in [2.24, 2.45) is 0 Å². The molecule has 0 bridgehead atoms. The van der Waals surface area contributed by atoms with Crippen molar-refractivity contribution < 1.29 is 9.90 Å². The van der Waals surface area contributed by atoms with E-state index in [9.17, 15) is 9.90 Å². The van der Waals surface area contributed by atoms with Gasteiger partial charge in [0.2, 0.25) is 5.91 Å². The number of nitrogen functional groups attached to an aromatic ring is 1. The van der Waals surface area contributed by atoms with Gasteiger partial charge < -0.3 is 15.7 Å². The van der Waals surface area contributed by atoms with E-state index in [1.54, 1.807) is 0 Å². The van der Waals surface area contributed by atoms with Crippen LogP contribution in [0, 0.1) is 0 Å². The average Bonchev–Trinajstić information content (AvgIpc) is 2.86. The summed E-state index contributed by atoms with van der Waals surface area (Å²) in [6.45, 7) is 0.861. The van der Waals surface area contributed by atoms with Crippen LogP contribution in [0.2, 0.25) is 0 Å². The standard InChI is InChI=1S/C14H20N2O2/c15-12-6-3-11(4-7-12)5-8-14(18)16-9-1-2-13(16)10-17/h3-4,6-7,13,17H,1-2,5,8-10,15H2. The fourth-order valence-corrected chi connectivity index (χ4v) is 2.43. The van der Waals surface area contributed by atoms with Crippen molar-refractivity contribution in [1.29, 1.82) is 0 Å². The molecule has 18 heavy (non-hydrogen) atoms. The maximum absolute atomic E-state index is 12.0. The van der Waals surface area contributed by atoms with Crippen LogP contribution in [-0.2, 0) is 11.2 Å². The SMILES string of the molecule is Nc1ccc(CCC(=O)N2CCCC2CO)cc1. The third-order valence-electron chi connectivity index (χ3n) is 3.52. The second-order valence-corrected chi connectivity index (χ2v) is 4.81. The number of anilines is 1. The van der Waals surface area contributed by atoms with E-state index in [0.29, 0.717) is 6.42 Å². The highest BCUT2D eigenvalue weighted by molar-refractivity contribution is 5.77. The molecule has 4 heteroatoms. The van der Waals surface area contributed by atoms with Gasteiger partial charge in [0.05, 0.1) is 12.6 Å². The van der Waals surface area contributed by atoms with Gasteiger partial charge in [-0.15, -0.1) is 0 Å². The van der Waals surface area contributed by atoms with E-state index < -0.39 is 0 Å². The lowest BCUT2D eigenvalue weighted by atomic mass is 10.1. The molecule has 1 atom stereocenters. The van der Waals surface area contributed by atoms with Crippen LogP contribution in [0.4, 0.5) is 5.69 Å². The van der Waals surface area contributed by atoms with Gasteiger partial charge in [0, 0.05) is 18.7 Å². The summed E-state index contributed by atoms with van der Waals surface area (Å²) in [6, 6.07) is 7.65. The summed E-state index contributed by atoms with van der Waals surface area (Å²) >= 11 is 0. The number of carbonyl (C=O) groups is 1. The van der Waals surface area contributed by atoms with Crippen LogP contribution in [0.5, 0.6) is 0 Å². The lowest BCUT2D eigenvalue weighted by Crippen LogP contribution is -2.37. The molecule has 1 fully saturated rings. The molecule has 0 spiro atoms. The van der Waals surface area contributed by atoms with Crippen molar-refractivity contribution in [3.63, 3.8) is 0 Å². The molecule has 1 aliphatic rings. The van der Waals surface area contributed by atoms with E-state index in [-0.39, 0.29) is 18.6 Å². The van der Waals surface area contributed by atoms with Crippen LogP contribution >= 0.6 is 0 Å². The molecule has 1 heterocycles. The van der Waals surface area contributed by atoms with Crippen molar-refractivity contribution in [1.82, 2.24) is 4.90 Å². The molecule has 98 valence electrons. The molecular weight excluding hydrogens is 228 g/mol. The number of rotatable bonds is 4. The molecule has 0 aromatic heterocycles. The second-order valence-electron chi connectivity index (χ2n) is 4.81. The van der Waals surface area contributed by atoms with E-state index in [0.717, 1.165) is 37.1 Å².